The van der Waals surface area contributed by atoms with E-state index >= 15 is 0 Å². The number of hydrogen-bond acceptors (Lipinski definition) is 0. The fourth-order valence-electron chi connectivity index (χ4n) is 2.18. The summed E-state index contributed by atoms with van der Waals surface area (Å²) in [5, 5.41) is 0. The van der Waals surface area contributed by atoms with Gasteiger partial charge in [-0.2, -0.15) is 0 Å². The molecule has 1 aromatic rings. The lowest BCUT2D eigenvalue weighted by Gasteiger charge is -2.20. The summed E-state index contributed by atoms with van der Waals surface area (Å²) in [4.78, 5) is 0. The molecule has 102 valence electrons. The molecule has 0 aromatic heterocycles. The maximum atomic E-state index is 2.39. The minimum Gasteiger partial charge on any atom is -0.0617 e. The second-order valence-electron chi connectivity index (χ2n) is 7.72. The van der Waals surface area contributed by atoms with Gasteiger partial charge in [0.1, 0.15) is 0 Å². The van der Waals surface area contributed by atoms with Crippen LogP contribution in [-0.2, 0) is 11.8 Å². The summed E-state index contributed by atoms with van der Waals surface area (Å²) in [6.07, 6.45) is 5.19. The fourth-order valence-corrected chi connectivity index (χ4v) is 2.18. The Balaban J connectivity index is 2.49. The predicted octanol–water partition coefficient (Wildman–Crippen LogP) is 5.74. The predicted molar refractivity (Wildman–Crippen MR) is 82.2 cm³/mol. The summed E-state index contributed by atoms with van der Waals surface area (Å²) >= 11 is 0. The maximum absolute atomic E-state index is 2.39. The van der Waals surface area contributed by atoms with Gasteiger partial charge in [0.15, 0.2) is 0 Å². The third-order valence-electron chi connectivity index (χ3n) is 3.44. The van der Waals surface area contributed by atoms with Crippen LogP contribution in [0.15, 0.2) is 24.3 Å². The number of benzene rings is 1. The first kappa shape index (κ1) is 15.3. The van der Waals surface area contributed by atoms with Gasteiger partial charge in [0.25, 0.3) is 0 Å². The van der Waals surface area contributed by atoms with Gasteiger partial charge in [0.2, 0.25) is 0 Å². The van der Waals surface area contributed by atoms with Crippen LogP contribution in [0.5, 0.6) is 0 Å². The molecule has 0 spiro atoms. The van der Waals surface area contributed by atoms with Crippen LogP contribution in [0, 0.1) is 5.41 Å². The van der Waals surface area contributed by atoms with Crippen molar-refractivity contribution in [1.82, 2.24) is 0 Å². The highest BCUT2D eigenvalue weighted by Gasteiger charge is 2.13. The topological polar surface area (TPSA) is 0 Å². The summed E-state index contributed by atoms with van der Waals surface area (Å²) in [5.41, 5.74) is 3.70. The van der Waals surface area contributed by atoms with Gasteiger partial charge >= 0.3 is 0 Å². The number of hydrogen-bond donors (Lipinski definition) is 0. The second-order valence-corrected chi connectivity index (χ2v) is 7.72. The molecule has 0 aliphatic heterocycles. The van der Waals surface area contributed by atoms with Gasteiger partial charge in [-0.3, -0.25) is 0 Å². The molecule has 1 aromatic carbocycles. The molecule has 0 heteroatoms. The van der Waals surface area contributed by atoms with Crippen molar-refractivity contribution in [3.63, 3.8) is 0 Å². The highest BCUT2D eigenvalue weighted by molar-refractivity contribution is 5.28. The van der Waals surface area contributed by atoms with E-state index in [2.05, 4.69) is 65.8 Å². The Morgan fingerprint density at radius 3 is 2.11 bits per heavy atom. The molecule has 0 bridgehead atoms. The maximum Gasteiger partial charge on any atom is -0.0132 e. The van der Waals surface area contributed by atoms with Crippen LogP contribution in [0.4, 0.5) is 0 Å². The van der Waals surface area contributed by atoms with Crippen molar-refractivity contribution in [3.8, 4) is 0 Å². The van der Waals surface area contributed by atoms with Gasteiger partial charge in [-0.1, -0.05) is 72.2 Å². The average Bonchev–Trinajstić information content (AvgIpc) is 2.22. The monoisotopic (exact) mass is 246 g/mol. The standard InChI is InChI=1S/C18H30/c1-17(2,3)13-8-7-10-15-11-9-12-16(14-15)18(4,5)6/h9,11-12,14H,7-8,10,13H2,1-6H3. The highest BCUT2D eigenvalue weighted by Crippen LogP contribution is 2.25. The summed E-state index contributed by atoms with van der Waals surface area (Å²) in [7, 11) is 0. The van der Waals surface area contributed by atoms with Gasteiger partial charge in [-0.25, -0.2) is 0 Å². The first-order valence-corrected chi connectivity index (χ1v) is 7.28. The van der Waals surface area contributed by atoms with E-state index in [4.69, 9.17) is 0 Å². The van der Waals surface area contributed by atoms with Crippen molar-refractivity contribution in [1.29, 1.82) is 0 Å². The van der Waals surface area contributed by atoms with Gasteiger partial charge in [0.05, 0.1) is 0 Å². The molecule has 0 unspecified atom stereocenters. The molecule has 0 N–H and O–H groups in total. The number of unbranched alkanes of at least 4 members (excludes halogenated alkanes) is 1. The lowest BCUT2D eigenvalue weighted by atomic mass is 9.85. The van der Waals surface area contributed by atoms with E-state index in [9.17, 15) is 0 Å². The summed E-state index contributed by atoms with van der Waals surface area (Å²) in [6.45, 7) is 13.8. The number of aryl methyl sites for hydroxylation is 1. The third-order valence-corrected chi connectivity index (χ3v) is 3.44. The second kappa shape index (κ2) is 5.91. The minimum atomic E-state index is 0.265. The van der Waals surface area contributed by atoms with E-state index in [1.54, 1.807) is 0 Å². The van der Waals surface area contributed by atoms with E-state index in [0.717, 1.165) is 0 Å². The van der Waals surface area contributed by atoms with Crippen molar-refractivity contribution in [2.24, 2.45) is 5.41 Å². The van der Waals surface area contributed by atoms with Crippen molar-refractivity contribution >= 4 is 0 Å². The lowest BCUT2D eigenvalue weighted by Crippen LogP contribution is -2.11. The Hall–Kier alpha value is -0.780. The van der Waals surface area contributed by atoms with Crippen LogP contribution in [0.2, 0.25) is 0 Å². The summed E-state index contributed by atoms with van der Waals surface area (Å²) < 4.78 is 0. The van der Waals surface area contributed by atoms with Crippen LogP contribution in [-0.4, -0.2) is 0 Å². The van der Waals surface area contributed by atoms with Gasteiger partial charge < -0.3 is 0 Å². The first-order valence-electron chi connectivity index (χ1n) is 7.28. The molecule has 0 amide bonds. The molecule has 0 saturated carbocycles. The first-order chi connectivity index (χ1) is 8.18. The largest absolute Gasteiger partial charge is 0.0617 e. The summed E-state index contributed by atoms with van der Waals surface area (Å²) in [6, 6.07) is 9.11. The Bertz CT molecular complexity index is 360. The van der Waals surface area contributed by atoms with E-state index in [1.807, 2.05) is 0 Å². The third kappa shape index (κ3) is 5.71. The molecule has 0 aliphatic rings. The summed E-state index contributed by atoms with van der Waals surface area (Å²) in [5.74, 6) is 0. The molecular formula is C18H30. The molecule has 0 radical (unpaired) electrons. The molecule has 1 rings (SSSR count). The normalized spacial score (nSPS) is 12.8. The molecule has 0 fully saturated rings. The number of rotatable bonds is 4. The Kier molecular flexibility index (Phi) is 5.01. The zero-order valence-electron chi connectivity index (χ0n) is 13.1. The van der Waals surface area contributed by atoms with Crippen LogP contribution >= 0.6 is 0 Å². The fraction of sp³-hybridized carbons (Fsp3) is 0.667. The van der Waals surface area contributed by atoms with Gasteiger partial charge in [-0.15, -0.1) is 0 Å². The van der Waals surface area contributed by atoms with Crippen molar-refractivity contribution in [2.45, 2.75) is 72.6 Å². The van der Waals surface area contributed by atoms with E-state index in [0.29, 0.717) is 5.41 Å². The van der Waals surface area contributed by atoms with E-state index in [-0.39, 0.29) is 5.41 Å². The SMILES string of the molecule is CC(C)(C)CCCCc1cccc(C(C)(C)C)c1. The Labute approximate surface area is 114 Å². The molecule has 0 saturated heterocycles. The molecule has 0 nitrogen and oxygen atoms in total. The van der Waals surface area contributed by atoms with Crippen LogP contribution in [0.1, 0.15) is 71.9 Å². The lowest BCUT2D eigenvalue weighted by molar-refractivity contribution is 0.360. The quantitative estimate of drug-likeness (QED) is 0.594. The Morgan fingerprint density at radius 2 is 1.56 bits per heavy atom. The average molecular weight is 246 g/mol. The zero-order valence-corrected chi connectivity index (χ0v) is 13.1. The molecule has 0 heterocycles. The van der Waals surface area contributed by atoms with Crippen molar-refractivity contribution in [3.05, 3.63) is 35.4 Å². The minimum absolute atomic E-state index is 0.265. The van der Waals surface area contributed by atoms with E-state index in [1.165, 1.54) is 36.8 Å². The molecule has 0 aliphatic carbocycles. The van der Waals surface area contributed by atoms with Crippen molar-refractivity contribution in [2.75, 3.05) is 0 Å². The van der Waals surface area contributed by atoms with Crippen molar-refractivity contribution < 1.29 is 0 Å². The zero-order chi connectivity index (χ0) is 13.8. The highest BCUT2D eigenvalue weighted by atomic mass is 14.2. The molecular weight excluding hydrogens is 216 g/mol. The van der Waals surface area contributed by atoms with Crippen LogP contribution < -0.4 is 0 Å². The van der Waals surface area contributed by atoms with E-state index < -0.39 is 0 Å². The van der Waals surface area contributed by atoms with Crippen LogP contribution in [0.3, 0.4) is 0 Å². The van der Waals surface area contributed by atoms with Gasteiger partial charge in [0, 0.05) is 0 Å². The Morgan fingerprint density at radius 1 is 0.889 bits per heavy atom. The molecule has 18 heavy (non-hydrogen) atoms. The molecule has 0 atom stereocenters. The van der Waals surface area contributed by atoms with Gasteiger partial charge in [-0.05, 0) is 41.2 Å². The smallest absolute Gasteiger partial charge is 0.0132 e. The van der Waals surface area contributed by atoms with Crippen LogP contribution in [0.25, 0.3) is 0 Å².